The zero-order valence-electron chi connectivity index (χ0n) is 31.6. The Kier molecular flexibility index (Phi) is 11.7. The number of hydrogen-bond acceptors (Lipinski definition) is 2. The van der Waals surface area contributed by atoms with Crippen molar-refractivity contribution in [3.63, 3.8) is 0 Å². The molecule has 0 radical (unpaired) electrons. The van der Waals surface area contributed by atoms with Crippen LogP contribution in [0.2, 0.25) is 0 Å². The molecule has 0 saturated carbocycles. The molecule has 5 heteroatoms. The average Bonchev–Trinajstić information content (AvgIpc) is 3.50. The van der Waals surface area contributed by atoms with Crippen LogP contribution < -0.4 is 26.2 Å². The fourth-order valence-electron chi connectivity index (χ4n) is 7.79. The molecule has 52 heavy (non-hydrogen) atoms. The molecular formula is C47H51B2N3. The Bertz CT molecular complexity index is 1910. The Morgan fingerprint density at radius 2 is 0.885 bits per heavy atom. The van der Waals surface area contributed by atoms with Gasteiger partial charge in [0.25, 0.3) is 0 Å². The van der Waals surface area contributed by atoms with Crippen molar-refractivity contribution in [1.29, 1.82) is 0 Å². The summed E-state index contributed by atoms with van der Waals surface area (Å²) in [5.74, 6) is 0. The zero-order valence-corrected chi connectivity index (χ0v) is 31.6. The molecule has 0 spiro atoms. The second kappa shape index (κ2) is 16.7. The van der Waals surface area contributed by atoms with Gasteiger partial charge in [0.2, 0.25) is 0 Å². The van der Waals surface area contributed by atoms with E-state index in [1.54, 1.807) is 0 Å². The van der Waals surface area contributed by atoms with Crippen molar-refractivity contribution in [3.8, 4) is 0 Å². The van der Waals surface area contributed by atoms with Gasteiger partial charge in [-0.15, -0.1) is 0 Å². The number of benzene rings is 5. The fraction of sp³-hybridized carbons (Fsp3) is 0.191. The number of aromatic nitrogens is 1. The van der Waals surface area contributed by atoms with Crippen molar-refractivity contribution in [3.05, 3.63) is 187 Å². The Morgan fingerprint density at radius 1 is 0.500 bits per heavy atom. The molecule has 0 amide bonds. The first kappa shape index (κ1) is 36.4. The summed E-state index contributed by atoms with van der Waals surface area (Å²) in [6.07, 6.45) is 0.856. The number of allylic oxidation sites excluding steroid dienone is 2. The smallest absolute Gasteiger partial charge is 0.108 e. The predicted molar refractivity (Wildman–Crippen MR) is 226 cm³/mol. The summed E-state index contributed by atoms with van der Waals surface area (Å²) in [4.78, 5) is 4.91. The van der Waals surface area contributed by atoms with Crippen LogP contribution in [-0.2, 0) is 0 Å². The first-order valence-corrected chi connectivity index (χ1v) is 18.7. The van der Waals surface area contributed by atoms with Gasteiger partial charge in [0, 0.05) is 23.5 Å². The molecule has 5 aromatic carbocycles. The summed E-state index contributed by atoms with van der Waals surface area (Å²) >= 11 is 0. The van der Waals surface area contributed by atoms with Crippen LogP contribution >= 0.6 is 0 Å². The van der Waals surface area contributed by atoms with E-state index in [9.17, 15) is 0 Å². The van der Waals surface area contributed by atoms with Crippen LogP contribution in [0.5, 0.6) is 0 Å². The molecule has 0 fully saturated rings. The third kappa shape index (κ3) is 7.75. The minimum absolute atomic E-state index is 0.610. The maximum Gasteiger partial charge on any atom is 0.108 e. The minimum atomic E-state index is -1.22. The van der Waals surface area contributed by atoms with Gasteiger partial charge >= 0.3 is 82.3 Å². The van der Waals surface area contributed by atoms with Crippen LogP contribution in [-0.4, -0.2) is 41.8 Å². The summed E-state index contributed by atoms with van der Waals surface area (Å²) in [5, 5.41) is 2.56. The normalized spacial score (nSPS) is 12.8. The molecule has 0 unspecified atom stereocenters. The maximum atomic E-state index is 2.45. The zero-order chi connectivity index (χ0) is 36.5. The van der Waals surface area contributed by atoms with E-state index < -0.39 is 6.15 Å². The number of pyridine rings is 1. The van der Waals surface area contributed by atoms with Crippen molar-refractivity contribution in [2.45, 2.75) is 53.6 Å². The van der Waals surface area contributed by atoms with Crippen molar-refractivity contribution in [2.75, 3.05) is 6.67 Å². The van der Waals surface area contributed by atoms with Crippen molar-refractivity contribution < 1.29 is 4.31 Å². The first-order valence-electron chi connectivity index (χ1n) is 18.7. The Morgan fingerprint density at radius 3 is 1.29 bits per heavy atom. The molecule has 8 rings (SSSR count). The molecule has 260 valence electrons. The summed E-state index contributed by atoms with van der Waals surface area (Å²) in [7, 11) is 2.16. The third-order valence-electron chi connectivity index (χ3n) is 10.6. The molecule has 0 saturated heterocycles. The van der Waals surface area contributed by atoms with E-state index in [2.05, 4.69) is 233 Å². The van der Waals surface area contributed by atoms with E-state index in [-0.39, 0.29) is 0 Å². The van der Waals surface area contributed by atoms with E-state index >= 15 is 0 Å². The van der Waals surface area contributed by atoms with E-state index in [0.717, 1.165) is 6.67 Å². The van der Waals surface area contributed by atoms with Gasteiger partial charge in [0.05, 0.1) is 6.67 Å². The van der Waals surface area contributed by atoms with Gasteiger partial charge < -0.3 is 9.80 Å². The van der Waals surface area contributed by atoms with Crippen molar-refractivity contribution in [2.24, 2.45) is 0 Å². The monoisotopic (exact) mass is 679 g/mol. The van der Waals surface area contributed by atoms with Gasteiger partial charge in [-0.3, -0.25) is 0 Å². The molecule has 3 nitrogen and oxygen atoms in total. The molecule has 0 aliphatic carbocycles. The molecule has 2 aromatic heterocycles. The van der Waals surface area contributed by atoms with Crippen LogP contribution in [0.1, 0.15) is 41.5 Å². The maximum absolute atomic E-state index is 2.45. The van der Waals surface area contributed by atoms with Gasteiger partial charge in [-0.1, -0.05) is 121 Å². The molecule has 0 atom stereocenters. The summed E-state index contributed by atoms with van der Waals surface area (Å²) < 4.78 is 2.14. The van der Waals surface area contributed by atoms with Crippen LogP contribution in [0.25, 0.3) is 16.2 Å². The molecule has 0 N–H and O–H groups in total. The fourth-order valence-corrected chi connectivity index (χ4v) is 7.79. The first-order chi connectivity index (χ1) is 25.3. The van der Waals surface area contributed by atoms with Gasteiger partial charge in [-0.25, -0.2) is 0 Å². The van der Waals surface area contributed by atoms with Crippen LogP contribution in [0.3, 0.4) is 0 Å². The van der Waals surface area contributed by atoms with Gasteiger partial charge in [-0.2, -0.15) is 21.9 Å². The standard InChI is InChI=1S/C24H20B.C12H9BN.C11H22N2/c1-5-13-21(14-6-1)25(22-15-7-2-8-16-22,23-17-9-3-10-18-23)24-19-11-4-12-20-24;1-2-7-12-10(5-1)9-11-6-3-4-8-14(11)13-12;1-8(2)12-7-13(9(3)4)11(6)10(12)5/h1-20H;1-9H;8-9H,7H2,1-6H3/q-1;+1;. The number of nitrogens with zero attached hydrogens (tertiary/aromatic N) is 3. The van der Waals surface area contributed by atoms with Gasteiger partial charge in [-0.05, 0) is 41.5 Å². The molecule has 7 aromatic rings. The number of rotatable bonds is 6. The topological polar surface area (TPSA) is 10.6 Å². The predicted octanol–water partition coefficient (Wildman–Crippen LogP) is 7.61. The number of fused-ring (bicyclic) bond motifs is 2. The van der Waals surface area contributed by atoms with E-state index in [4.69, 9.17) is 0 Å². The van der Waals surface area contributed by atoms with Crippen LogP contribution in [0, 0.1) is 0 Å². The average molecular weight is 680 g/mol. The molecule has 1 aliphatic rings. The molecule has 0 bridgehead atoms. The van der Waals surface area contributed by atoms with Crippen LogP contribution in [0.15, 0.2) is 187 Å². The second-order valence-electron chi connectivity index (χ2n) is 14.4. The van der Waals surface area contributed by atoms with E-state index in [0.29, 0.717) is 12.1 Å². The molecular weight excluding hydrogens is 628 g/mol. The van der Waals surface area contributed by atoms with Gasteiger partial charge in [0.15, 0.2) is 0 Å². The summed E-state index contributed by atoms with van der Waals surface area (Å²) in [6, 6.07) is 61.6. The number of hydrogen-bond donors (Lipinski definition) is 0. The Balaban J connectivity index is 0.000000146. The quantitative estimate of drug-likeness (QED) is 0.132. The Hall–Kier alpha value is -5.41. The second-order valence-corrected chi connectivity index (χ2v) is 14.4. The summed E-state index contributed by atoms with van der Waals surface area (Å²) in [6.45, 7) is 14.5. The van der Waals surface area contributed by atoms with Crippen molar-refractivity contribution >= 4 is 51.2 Å². The largest absolute Gasteiger partial charge is 0.195 e. The third-order valence-corrected chi connectivity index (χ3v) is 10.6. The van der Waals surface area contributed by atoms with Crippen molar-refractivity contribution in [1.82, 2.24) is 9.80 Å². The SMILES string of the molecule is CC1=C(C)N(C(C)C)CN1C(C)C.b1c2ccccc2cc2cccc[n+]12.c1ccc([B-](c2ccccc2)(c2ccccc2)c2ccccc2)cc1. The van der Waals surface area contributed by atoms with E-state index in [1.165, 1.54) is 49.4 Å². The van der Waals surface area contributed by atoms with Gasteiger partial charge in [0.1, 0.15) is 6.15 Å². The summed E-state index contributed by atoms with van der Waals surface area (Å²) in [5.41, 5.74) is 9.45. The van der Waals surface area contributed by atoms with E-state index in [1.807, 2.05) is 6.07 Å². The van der Waals surface area contributed by atoms with Crippen LogP contribution in [0.4, 0.5) is 0 Å². The molecule has 1 aliphatic heterocycles. The Labute approximate surface area is 312 Å². The molecule has 3 heterocycles. The minimum Gasteiger partial charge on any atom is -0.195 e.